The first-order chi connectivity index (χ1) is 44.1. The van der Waals surface area contributed by atoms with E-state index in [1.54, 1.807) is 0 Å². The molecule has 0 unspecified atom stereocenters. The van der Waals surface area contributed by atoms with E-state index in [-0.39, 0.29) is 0 Å². The van der Waals surface area contributed by atoms with Crippen LogP contribution in [0.2, 0.25) is 0 Å². The van der Waals surface area contributed by atoms with Crippen LogP contribution in [-0.4, -0.2) is 0 Å². The second-order valence-electron chi connectivity index (χ2n) is 23.5. The molecule has 0 heterocycles. The van der Waals surface area contributed by atoms with Crippen molar-refractivity contribution < 1.29 is 0 Å². The summed E-state index contributed by atoms with van der Waals surface area (Å²) in [5, 5.41) is 4.92. The van der Waals surface area contributed by atoms with E-state index in [2.05, 4.69) is 362 Å². The molecule has 416 valence electrons. The zero-order valence-electron chi connectivity index (χ0n) is 48.9. The van der Waals surface area contributed by atoms with Gasteiger partial charge in [0.1, 0.15) is 0 Å². The molecular formula is C87H58N2. The lowest BCUT2D eigenvalue weighted by molar-refractivity contribution is 0.794. The largest absolute Gasteiger partial charge is 0.310 e. The number of nitrogens with zero attached hydrogens (tertiary/aromatic N) is 2. The van der Waals surface area contributed by atoms with Gasteiger partial charge in [-0.3, -0.25) is 0 Å². The van der Waals surface area contributed by atoms with Gasteiger partial charge in [0.05, 0.1) is 5.41 Å². The van der Waals surface area contributed by atoms with E-state index in [0.717, 1.165) is 50.8 Å². The van der Waals surface area contributed by atoms with Crippen molar-refractivity contribution in [3.05, 3.63) is 374 Å². The van der Waals surface area contributed by atoms with Crippen LogP contribution in [0.4, 0.5) is 34.1 Å². The van der Waals surface area contributed by atoms with Crippen LogP contribution in [0.5, 0.6) is 0 Å². The van der Waals surface area contributed by atoms with E-state index in [4.69, 9.17) is 0 Å². The Balaban J connectivity index is 0.917. The molecule has 15 aromatic carbocycles. The van der Waals surface area contributed by atoms with E-state index in [1.807, 2.05) is 0 Å². The summed E-state index contributed by atoms with van der Waals surface area (Å²) < 4.78 is 0. The fourth-order valence-corrected chi connectivity index (χ4v) is 14.7. The number of fused-ring (bicyclic) bond motifs is 12. The number of hydrogen-bond donors (Lipinski definition) is 0. The van der Waals surface area contributed by atoms with E-state index in [9.17, 15) is 0 Å². The van der Waals surface area contributed by atoms with Crippen molar-refractivity contribution in [1.29, 1.82) is 0 Å². The number of rotatable bonds is 11. The highest BCUT2D eigenvalue weighted by Crippen LogP contribution is 2.64. The fourth-order valence-electron chi connectivity index (χ4n) is 14.7. The number of anilines is 6. The molecule has 0 fully saturated rings. The summed E-state index contributed by atoms with van der Waals surface area (Å²) in [7, 11) is 0. The average molecular weight is 1130 g/mol. The fraction of sp³-hybridized carbons (Fsp3) is 0.0115. The minimum atomic E-state index is -0.508. The third-order valence-corrected chi connectivity index (χ3v) is 18.7. The van der Waals surface area contributed by atoms with Crippen LogP contribution in [-0.2, 0) is 5.41 Å². The maximum Gasteiger partial charge on any atom is 0.0725 e. The smallest absolute Gasteiger partial charge is 0.0725 e. The van der Waals surface area contributed by atoms with Gasteiger partial charge in [-0.2, -0.15) is 0 Å². The predicted octanol–water partition coefficient (Wildman–Crippen LogP) is 23.6. The Morgan fingerprint density at radius 1 is 0.180 bits per heavy atom. The normalized spacial score (nSPS) is 12.4. The van der Waals surface area contributed by atoms with Crippen LogP contribution >= 0.6 is 0 Å². The Kier molecular flexibility index (Phi) is 12.5. The Morgan fingerprint density at radius 3 is 0.955 bits per heavy atom. The first kappa shape index (κ1) is 51.8. The molecule has 15 aromatic rings. The van der Waals surface area contributed by atoms with Gasteiger partial charge >= 0.3 is 0 Å². The molecule has 0 aromatic heterocycles. The molecule has 0 radical (unpaired) electrons. The zero-order chi connectivity index (χ0) is 58.8. The summed E-state index contributed by atoms with van der Waals surface area (Å²) in [6.07, 6.45) is 0. The quantitative estimate of drug-likeness (QED) is 0.127. The van der Waals surface area contributed by atoms with Crippen LogP contribution in [0.1, 0.15) is 22.3 Å². The molecule has 2 nitrogen and oxygen atoms in total. The molecule has 0 N–H and O–H groups in total. The molecule has 17 rings (SSSR count). The van der Waals surface area contributed by atoms with Crippen molar-refractivity contribution in [2.45, 2.75) is 5.41 Å². The van der Waals surface area contributed by atoms with Crippen molar-refractivity contribution >= 4 is 55.7 Å². The van der Waals surface area contributed by atoms with Gasteiger partial charge in [-0.1, -0.05) is 285 Å². The van der Waals surface area contributed by atoms with Crippen LogP contribution in [0, 0.1) is 0 Å². The van der Waals surface area contributed by atoms with Crippen molar-refractivity contribution in [1.82, 2.24) is 0 Å². The third kappa shape index (κ3) is 8.63. The molecule has 0 saturated carbocycles. The van der Waals surface area contributed by atoms with E-state index in [0.29, 0.717) is 0 Å². The van der Waals surface area contributed by atoms with Crippen molar-refractivity contribution in [3.8, 4) is 77.9 Å². The van der Waals surface area contributed by atoms with Gasteiger partial charge < -0.3 is 9.80 Å². The Bertz CT molecular complexity index is 4880. The highest BCUT2D eigenvalue weighted by atomic mass is 15.2. The molecule has 2 aliphatic rings. The second kappa shape index (κ2) is 21.4. The maximum absolute atomic E-state index is 2.46. The predicted molar refractivity (Wildman–Crippen MR) is 374 cm³/mol. The summed E-state index contributed by atoms with van der Waals surface area (Å²) >= 11 is 0. The summed E-state index contributed by atoms with van der Waals surface area (Å²) in [5.74, 6) is 0. The van der Waals surface area contributed by atoms with Gasteiger partial charge in [-0.25, -0.2) is 0 Å². The van der Waals surface area contributed by atoms with Crippen molar-refractivity contribution in [2.75, 3.05) is 9.80 Å². The molecule has 2 aliphatic carbocycles. The first-order valence-corrected chi connectivity index (χ1v) is 30.8. The van der Waals surface area contributed by atoms with Gasteiger partial charge in [0.15, 0.2) is 0 Å². The molecule has 89 heavy (non-hydrogen) atoms. The van der Waals surface area contributed by atoms with Gasteiger partial charge in [-0.15, -0.1) is 0 Å². The van der Waals surface area contributed by atoms with E-state index in [1.165, 1.54) is 105 Å². The Hall–Kier alpha value is -11.6. The van der Waals surface area contributed by atoms with Crippen molar-refractivity contribution in [3.63, 3.8) is 0 Å². The summed E-state index contributed by atoms with van der Waals surface area (Å²) in [4.78, 5) is 4.91. The third-order valence-electron chi connectivity index (χ3n) is 18.7. The van der Waals surface area contributed by atoms with Gasteiger partial charge in [0.2, 0.25) is 0 Å². The Morgan fingerprint density at radius 2 is 0.494 bits per heavy atom. The lowest BCUT2D eigenvalue weighted by atomic mass is 9.70. The molecule has 0 amide bonds. The lowest BCUT2D eigenvalue weighted by Gasteiger charge is -2.31. The molecule has 0 atom stereocenters. The van der Waals surface area contributed by atoms with Crippen LogP contribution < -0.4 is 9.80 Å². The average Bonchev–Trinajstić information content (AvgIpc) is 1.52. The van der Waals surface area contributed by atoms with E-state index < -0.39 is 5.41 Å². The van der Waals surface area contributed by atoms with Crippen LogP contribution in [0.25, 0.3) is 99.4 Å². The summed E-state index contributed by atoms with van der Waals surface area (Å²) in [5.41, 5.74) is 27.8. The summed E-state index contributed by atoms with van der Waals surface area (Å²) in [6, 6.07) is 130. The van der Waals surface area contributed by atoms with Gasteiger partial charge in [-0.05, 0) is 188 Å². The molecule has 0 bridgehead atoms. The van der Waals surface area contributed by atoms with Crippen molar-refractivity contribution in [2.24, 2.45) is 0 Å². The monoisotopic (exact) mass is 1130 g/mol. The highest BCUT2D eigenvalue weighted by Gasteiger charge is 2.52. The van der Waals surface area contributed by atoms with Gasteiger partial charge in [0, 0.05) is 34.1 Å². The minimum absolute atomic E-state index is 0.508. The topological polar surface area (TPSA) is 6.48 Å². The maximum atomic E-state index is 2.46. The zero-order valence-corrected chi connectivity index (χ0v) is 48.9. The van der Waals surface area contributed by atoms with E-state index >= 15 is 0 Å². The standard InChI is InChI=1S/C87H58N2/c1-3-20-59(21-4-1)61-40-48-68(49-41-61)88(70-52-44-65(45-53-70)76-33-17-26-63-24-7-9-28-74(63)76)72-56-67(78-35-19-39-85-86(78)81-32-13-16-38-84(81)87(85)82-36-14-11-30-79(82)80-31-12-15-37-83(80)87)57-73(58-72)89(69-50-42-62(43-51-69)60-22-5-2-6-23-60)71-54-46-66(47-55-71)77-34-18-27-64-25-8-10-29-75(64)77/h1-58H. The molecule has 0 aliphatic heterocycles. The summed E-state index contributed by atoms with van der Waals surface area (Å²) in [6.45, 7) is 0. The minimum Gasteiger partial charge on any atom is -0.310 e. The highest BCUT2D eigenvalue weighted by molar-refractivity contribution is 6.03. The lowest BCUT2D eigenvalue weighted by Crippen LogP contribution is -2.25. The van der Waals surface area contributed by atoms with Crippen LogP contribution in [0.15, 0.2) is 352 Å². The number of benzene rings is 15. The Labute approximate surface area is 519 Å². The first-order valence-electron chi connectivity index (χ1n) is 30.8. The SMILES string of the molecule is c1ccc(-c2ccc(N(c3ccc(-c4cccc5ccccc45)cc3)c3cc(-c4cccc5c4-c4ccccc4C54c5ccccc5-c5ccccc54)cc(N(c4ccc(-c5ccccc5)cc4)c4ccc(-c5cccc6ccccc56)cc4)c3)cc2)cc1. The molecule has 1 spiro atoms. The molecule has 0 saturated heterocycles. The second-order valence-corrected chi connectivity index (χ2v) is 23.5. The molecule has 2 heteroatoms. The van der Waals surface area contributed by atoms with Crippen LogP contribution in [0.3, 0.4) is 0 Å². The number of hydrogen-bond acceptors (Lipinski definition) is 2. The molecular weight excluding hydrogens is 1070 g/mol. The van der Waals surface area contributed by atoms with Gasteiger partial charge in [0.25, 0.3) is 0 Å².